The molecule has 0 bridgehead atoms. The summed E-state index contributed by atoms with van der Waals surface area (Å²) in [5, 5.41) is 2.79. The molecule has 2 aliphatic heterocycles. The van der Waals surface area contributed by atoms with Gasteiger partial charge >= 0.3 is 5.97 Å². The van der Waals surface area contributed by atoms with Crippen LogP contribution in [0.3, 0.4) is 0 Å². The van der Waals surface area contributed by atoms with Gasteiger partial charge in [-0.25, -0.2) is 4.79 Å². The predicted molar refractivity (Wildman–Crippen MR) is 99.4 cm³/mol. The topological polar surface area (TPSA) is 94.2 Å². The number of anilines is 2. The molecular formula is C20H18N2O6. The van der Waals surface area contributed by atoms with Crippen LogP contribution in [0.2, 0.25) is 0 Å². The van der Waals surface area contributed by atoms with E-state index in [9.17, 15) is 14.4 Å². The highest BCUT2D eigenvalue weighted by Gasteiger charge is 2.35. The Morgan fingerprint density at radius 2 is 1.86 bits per heavy atom. The second-order valence-electron chi connectivity index (χ2n) is 6.50. The lowest BCUT2D eigenvalue weighted by Gasteiger charge is -2.17. The first-order valence-corrected chi connectivity index (χ1v) is 8.74. The SMILES string of the molecule is COC(=O)c1ccc(NC(=O)C2CC(=O)N(c3ccc4c(c3)OCO4)C2)cc1. The third-order valence-electron chi connectivity index (χ3n) is 4.74. The molecule has 144 valence electrons. The summed E-state index contributed by atoms with van der Waals surface area (Å²) in [5.74, 6) is -0.0664. The van der Waals surface area contributed by atoms with Gasteiger partial charge in [-0.2, -0.15) is 0 Å². The number of esters is 1. The van der Waals surface area contributed by atoms with Crippen molar-refractivity contribution in [3.63, 3.8) is 0 Å². The summed E-state index contributed by atoms with van der Waals surface area (Å²) in [6.07, 6.45) is 0.126. The maximum Gasteiger partial charge on any atom is 0.337 e. The summed E-state index contributed by atoms with van der Waals surface area (Å²) in [4.78, 5) is 38.0. The molecule has 1 unspecified atom stereocenters. The Bertz CT molecular complexity index is 940. The molecule has 2 amide bonds. The maximum atomic E-state index is 12.6. The molecule has 2 aromatic rings. The van der Waals surface area contributed by atoms with E-state index >= 15 is 0 Å². The fraction of sp³-hybridized carbons (Fsp3) is 0.250. The van der Waals surface area contributed by atoms with Crippen molar-refractivity contribution in [1.82, 2.24) is 0 Å². The van der Waals surface area contributed by atoms with Crippen molar-refractivity contribution >= 4 is 29.2 Å². The van der Waals surface area contributed by atoms with Crippen LogP contribution >= 0.6 is 0 Å². The van der Waals surface area contributed by atoms with Gasteiger partial charge < -0.3 is 24.4 Å². The quantitative estimate of drug-likeness (QED) is 0.815. The second-order valence-corrected chi connectivity index (χ2v) is 6.50. The summed E-state index contributed by atoms with van der Waals surface area (Å²) < 4.78 is 15.3. The number of carbonyl (C=O) groups is 3. The van der Waals surface area contributed by atoms with Crippen molar-refractivity contribution in [2.24, 2.45) is 5.92 Å². The van der Waals surface area contributed by atoms with Gasteiger partial charge in [-0.15, -0.1) is 0 Å². The molecule has 0 radical (unpaired) electrons. The smallest absolute Gasteiger partial charge is 0.337 e. The van der Waals surface area contributed by atoms with Crippen molar-refractivity contribution in [2.45, 2.75) is 6.42 Å². The van der Waals surface area contributed by atoms with E-state index in [1.807, 2.05) is 0 Å². The summed E-state index contributed by atoms with van der Waals surface area (Å²) in [7, 11) is 1.31. The van der Waals surface area contributed by atoms with E-state index in [-0.39, 0.29) is 31.6 Å². The van der Waals surface area contributed by atoms with Crippen LogP contribution in [0.25, 0.3) is 0 Å². The lowest BCUT2D eigenvalue weighted by Crippen LogP contribution is -2.28. The molecule has 0 spiro atoms. The number of hydrogen-bond donors (Lipinski definition) is 1. The Morgan fingerprint density at radius 3 is 2.61 bits per heavy atom. The van der Waals surface area contributed by atoms with Crippen molar-refractivity contribution in [1.29, 1.82) is 0 Å². The van der Waals surface area contributed by atoms with Crippen LogP contribution in [0.1, 0.15) is 16.8 Å². The molecule has 4 rings (SSSR count). The van der Waals surface area contributed by atoms with Crippen LogP contribution in [0.5, 0.6) is 11.5 Å². The first-order valence-electron chi connectivity index (χ1n) is 8.74. The Labute approximate surface area is 161 Å². The molecule has 1 N–H and O–H groups in total. The molecule has 2 aliphatic rings. The molecular weight excluding hydrogens is 364 g/mol. The van der Waals surface area contributed by atoms with E-state index < -0.39 is 11.9 Å². The van der Waals surface area contributed by atoms with Gasteiger partial charge in [-0.3, -0.25) is 9.59 Å². The number of hydrogen-bond acceptors (Lipinski definition) is 6. The molecule has 1 atom stereocenters. The number of methoxy groups -OCH3 is 1. The monoisotopic (exact) mass is 382 g/mol. The van der Waals surface area contributed by atoms with Crippen molar-refractivity contribution < 1.29 is 28.6 Å². The highest BCUT2D eigenvalue weighted by molar-refractivity contribution is 6.03. The predicted octanol–water partition coefficient (Wildman–Crippen LogP) is 2.19. The van der Waals surface area contributed by atoms with Crippen LogP contribution < -0.4 is 19.7 Å². The van der Waals surface area contributed by atoms with Crippen LogP contribution in [-0.4, -0.2) is 38.2 Å². The van der Waals surface area contributed by atoms with Gasteiger partial charge in [0.15, 0.2) is 11.5 Å². The first-order chi connectivity index (χ1) is 13.5. The molecule has 0 saturated carbocycles. The highest BCUT2D eigenvalue weighted by Crippen LogP contribution is 2.37. The molecule has 0 aliphatic carbocycles. The fourth-order valence-corrected chi connectivity index (χ4v) is 3.24. The zero-order valence-corrected chi connectivity index (χ0v) is 15.1. The number of rotatable bonds is 4. The van der Waals surface area contributed by atoms with Gasteiger partial charge in [-0.05, 0) is 36.4 Å². The highest BCUT2D eigenvalue weighted by atomic mass is 16.7. The molecule has 0 aromatic heterocycles. The van der Waals surface area contributed by atoms with E-state index in [1.165, 1.54) is 7.11 Å². The molecule has 28 heavy (non-hydrogen) atoms. The molecule has 8 heteroatoms. The number of ether oxygens (including phenoxy) is 3. The average molecular weight is 382 g/mol. The normalized spacial score (nSPS) is 17.5. The maximum absolute atomic E-state index is 12.6. The minimum atomic E-state index is -0.474. The average Bonchev–Trinajstić information content (AvgIpc) is 3.33. The lowest BCUT2D eigenvalue weighted by atomic mass is 10.1. The zero-order valence-electron chi connectivity index (χ0n) is 15.1. The van der Waals surface area contributed by atoms with Gasteiger partial charge in [0.1, 0.15) is 0 Å². The molecule has 8 nitrogen and oxygen atoms in total. The van der Waals surface area contributed by atoms with E-state index in [4.69, 9.17) is 9.47 Å². The largest absolute Gasteiger partial charge is 0.465 e. The van der Waals surface area contributed by atoms with E-state index in [0.717, 1.165) is 0 Å². The van der Waals surface area contributed by atoms with Crippen molar-refractivity contribution in [2.75, 3.05) is 30.7 Å². The second kappa shape index (κ2) is 7.22. The molecule has 1 fully saturated rings. The summed E-state index contributed by atoms with van der Waals surface area (Å²) in [6.45, 7) is 0.442. The molecule has 1 saturated heterocycles. The van der Waals surface area contributed by atoms with E-state index in [2.05, 4.69) is 10.1 Å². The van der Waals surface area contributed by atoms with E-state index in [0.29, 0.717) is 28.4 Å². The number of fused-ring (bicyclic) bond motifs is 1. The van der Waals surface area contributed by atoms with Crippen LogP contribution in [0.4, 0.5) is 11.4 Å². The Kier molecular flexibility index (Phi) is 4.60. The van der Waals surface area contributed by atoms with Gasteiger partial charge in [0.25, 0.3) is 0 Å². The minimum Gasteiger partial charge on any atom is -0.465 e. The van der Waals surface area contributed by atoms with Crippen LogP contribution in [0.15, 0.2) is 42.5 Å². The van der Waals surface area contributed by atoms with E-state index in [1.54, 1.807) is 47.4 Å². The van der Waals surface area contributed by atoms with Gasteiger partial charge in [0.05, 0.1) is 18.6 Å². The third-order valence-corrected chi connectivity index (χ3v) is 4.74. The van der Waals surface area contributed by atoms with Crippen LogP contribution in [-0.2, 0) is 14.3 Å². The number of nitrogens with one attached hydrogen (secondary N) is 1. The minimum absolute atomic E-state index is 0.125. The van der Waals surface area contributed by atoms with Crippen LogP contribution in [0, 0.1) is 5.92 Å². The number of amides is 2. The first kappa shape index (κ1) is 17.8. The molecule has 2 aromatic carbocycles. The fourth-order valence-electron chi connectivity index (χ4n) is 3.24. The molecule has 2 heterocycles. The zero-order chi connectivity index (χ0) is 19.7. The Morgan fingerprint density at radius 1 is 1.11 bits per heavy atom. The van der Waals surface area contributed by atoms with Gasteiger partial charge in [0, 0.05) is 30.4 Å². The standard InChI is InChI=1S/C20H18N2O6/c1-26-20(25)12-2-4-14(5-3-12)21-19(24)13-8-18(23)22(10-13)15-6-7-16-17(9-15)28-11-27-16/h2-7,9,13H,8,10-11H2,1H3,(H,21,24). The number of carbonyl (C=O) groups excluding carboxylic acids is 3. The summed E-state index contributed by atoms with van der Waals surface area (Å²) in [5.41, 5.74) is 1.61. The lowest BCUT2D eigenvalue weighted by molar-refractivity contribution is -0.122. The summed E-state index contributed by atoms with van der Waals surface area (Å²) in [6, 6.07) is 11.7. The Balaban J connectivity index is 1.42. The van der Waals surface area contributed by atoms with Gasteiger partial charge in [-0.1, -0.05) is 0 Å². The van der Waals surface area contributed by atoms with Crippen molar-refractivity contribution in [3.05, 3.63) is 48.0 Å². The number of benzene rings is 2. The number of nitrogens with zero attached hydrogens (tertiary/aromatic N) is 1. The summed E-state index contributed by atoms with van der Waals surface area (Å²) >= 11 is 0. The van der Waals surface area contributed by atoms with Crippen molar-refractivity contribution in [3.8, 4) is 11.5 Å². The third kappa shape index (κ3) is 3.36. The van der Waals surface area contributed by atoms with Gasteiger partial charge in [0.2, 0.25) is 18.6 Å². The Hall–Kier alpha value is -3.55.